The molecule has 1 aromatic rings. The second-order valence-corrected chi connectivity index (χ2v) is 7.11. The normalized spacial score (nSPS) is 31.8. The zero-order valence-corrected chi connectivity index (χ0v) is 13.5. The van der Waals surface area contributed by atoms with E-state index in [0.717, 1.165) is 31.5 Å². The third-order valence-corrected chi connectivity index (χ3v) is 4.99. The quantitative estimate of drug-likeness (QED) is 0.895. The topological polar surface area (TPSA) is 41.1 Å². The summed E-state index contributed by atoms with van der Waals surface area (Å²) in [5.74, 6) is 0.996. The summed E-state index contributed by atoms with van der Waals surface area (Å²) in [6.45, 7) is 4.13. The molecule has 2 fully saturated rings. The van der Waals surface area contributed by atoms with Crippen LogP contribution in [0.2, 0.25) is 10.0 Å². The Morgan fingerprint density at radius 3 is 2.67 bits per heavy atom. The molecule has 1 aliphatic carbocycles. The molecule has 114 valence electrons. The fourth-order valence-corrected chi connectivity index (χ4v) is 3.70. The molecule has 0 radical (unpaired) electrons. The number of benzene rings is 1. The van der Waals surface area contributed by atoms with E-state index in [-0.39, 0.29) is 17.7 Å². The molecule has 1 saturated carbocycles. The molecule has 1 aliphatic heterocycles. The maximum atomic E-state index is 12.4. The standard InChI is InChI=1S/C16H20Cl2N2O/c1-9-8-19-3-2-15(9)20-16(21)14-7-13(14)10-4-11(17)6-12(18)5-10/h4-6,9,13-15,19H,2-3,7-8H2,1H3,(H,20,21). The molecule has 2 aliphatic rings. The number of carbonyl (C=O) groups excluding carboxylic acids is 1. The van der Waals surface area contributed by atoms with Crippen molar-refractivity contribution >= 4 is 29.1 Å². The largest absolute Gasteiger partial charge is 0.353 e. The minimum absolute atomic E-state index is 0.0709. The summed E-state index contributed by atoms with van der Waals surface area (Å²) in [5.41, 5.74) is 1.08. The first-order chi connectivity index (χ1) is 10.0. The van der Waals surface area contributed by atoms with Crippen molar-refractivity contribution < 1.29 is 4.79 Å². The number of halogens is 2. The van der Waals surface area contributed by atoms with Crippen molar-refractivity contribution in [3.05, 3.63) is 33.8 Å². The highest BCUT2D eigenvalue weighted by Gasteiger charge is 2.44. The van der Waals surface area contributed by atoms with Gasteiger partial charge in [-0.25, -0.2) is 0 Å². The van der Waals surface area contributed by atoms with Gasteiger partial charge in [-0.15, -0.1) is 0 Å². The van der Waals surface area contributed by atoms with E-state index in [0.29, 0.717) is 22.0 Å². The second kappa shape index (κ2) is 6.15. The van der Waals surface area contributed by atoms with Crippen molar-refractivity contribution in [2.75, 3.05) is 13.1 Å². The third-order valence-electron chi connectivity index (χ3n) is 4.55. The van der Waals surface area contributed by atoms with Crippen LogP contribution in [0.5, 0.6) is 0 Å². The van der Waals surface area contributed by atoms with Crippen LogP contribution in [0.4, 0.5) is 0 Å². The van der Waals surface area contributed by atoms with Crippen molar-refractivity contribution in [1.29, 1.82) is 0 Å². The Labute approximate surface area is 135 Å². The van der Waals surface area contributed by atoms with Crippen molar-refractivity contribution in [1.82, 2.24) is 10.6 Å². The molecule has 3 rings (SSSR count). The van der Waals surface area contributed by atoms with Gasteiger partial charge in [0.15, 0.2) is 0 Å². The minimum atomic E-state index is 0.0709. The number of rotatable bonds is 3. The Bertz CT molecular complexity index is 529. The maximum Gasteiger partial charge on any atom is 0.223 e. The first-order valence-corrected chi connectivity index (χ1v) is 8.27. The van der Waals surface area contributed by atoms with Crippen LogP contribution in [0.3, 0.4) is 0 Å². The molecular weight excluding hydrogens is 307 g/mol. The lowest BCUT2D eigenvalue weighted by atomic mass is 9.95. The van der Waals surface area contributed by atoms with Crippen LogP contribution in [0.1, 0.15) is 31.2 Å². The van der Waals surface area contributed by atoms with Gasteiger partial charge in [0.25, 0.3) is 0 Å². The number of nitrogens with one attached hydrogen (secondary N) is 2. The Hall–Kier alpha value is -0.770. The third kappa shape index (κ3) is 3.53. The van der Waals surface area contributed by atoms with Gasteiger partial charge in [0.05, 0.1) is 0 Å². The molecule has 1 heterocycles. The summed E-state index contributed by atoms with van der Waals surface area (Å²) in [4.78, 5) is 12.4. The average Bonchev–Trinajstić information content (AvgIpc) is 3.20. The average molecular weight is 327 g/mol. The van der Waals surface area contributed by atoms with Crippen molar-refractivity contribution in [3.63, 3.8) is 0 Å². The summed E-state index contributed by atoms with van der Waals surface area (Å²) < 4.78 is 0. The van der Waals surface area contributed by atoms with Gasteiger partial charge in [-0.3, -0.25) is 4.79 Å². The Morgan fingerprint density at radius 1 is 1.29 bits per heavy atom. The van der Waals surface area contributed by atoms with Crippen LogP contribution in [0.25, 0.3) is 0 Å². The lowest BCUT2D eigenvalue weighted by Gasteiger charge is -2.30. The first kappa shape index (κ1) is 15.1. The van der Waals surface area contributed by atoms with E-state index >= 15 is 0 Å². The first-order valence-electron chi connectivity index (χ1n) is 7.51. The highest BCUT2D eigenvalue weighted by atomic mass is 35.5. The van der Waals surface area contributed by atoms with Gasteiger partial charge < -0.3 is 10.6 Å². The Morgan fingerprint density at radius 2 is 2.00 bits per heavy atom. The van der Waals surface area contributed by atoms with Crippen LogP contribution in [-0.4, -0.2) is 25.0 Å². The van der Waals surface area contributed by atoms with E-state index in [2.05, 4.69) is 17.6 Å². The molecule has 3 nitrogen and oxygen atoms in total. The van der Waals surface area contributed by atoms with Gasteiger partial charge in [-0.1, -0.05) is 30.1 Å². The van der Waals surface area contributed by atoms with Gasteiger partial charge >= 0.3 is 0 Å². The predicted octanol–water partition coefficient (Wildman–Crippen LogP) is 3.21. The number of amides is 1. The lowest BCUT2D eigenvalue weighted by molar-refractivity contribution is -0.123. The monoisotopic (exact) mass is 326 g/mol. The summed E-state index contributed by atoms with van der Waals surface area (Å²) in [6, 6.07) is 5.85. The SMILES string of the molecule is CC1CNCCC1NC(=O)C1CC1c1cc(Cl)cc(Cl)c1. The van der Waals surface area contributed by atoms with Crippen LogP contribution in [-0.2, 0) is 4.79 Å². The summed E-state index contributed by atoms with van der Waals surface area (Å²) in [6.07, 6.45) is 1.90. The molecule has 5 heteroatoms. The van der Waals surface area contributed by atoms with E-state index in [1.165, 1.54) is 0 Å². The summed E-state index contributed by atoms with van der Waals surface area (Å²) >= 11 is 12.1. The predicted molar refractivity (Wildman–Crippen MR) is 85.9 cm³/mol. The molecule has 0 bridgehead atoms. The van der Waals surface area contributed by atoms with Crippen molar-refractivity contribution in [2.24, 2.45) is 11.8 Å². The number of hydrogen-bond donors (Lipinski definition) is 2. The van der Waals surface area contributed by atoms with Gasteiger partial charge in [-0.2, -0.15) is 0 Å². The highest BCUT2D eigenvalue weighted by Crippen LogP contribution is 2.48. The fraction of sp³-hybridized carbons (Fsp3) is 0.562. The number of carbonyl (C=O) groups is 1. The summed E-state index contributed by atoms with van der Waals surface area (Å²) in [5, 5.41) is 7.83. The zero-order chi connectivity index (χ0) is 15.0. The van der Waals surface area contributed by atoms with Crippen molar-refractivity contribution in [2.45, 2.75) is 31.7 Å². The molecule has 0 spiro atoms. The molecule has 2 N–H and O–H groups in total. The molecule has 1 aromatic carbocycles. The van der Waals surface area contributed by atoms with Crippen LogP contribution in [0, 0.1) is 11.8 Å². The second-order valence-electron chi connectivity index (χ2n) is 6.24. The molecule has 1 saturated heterocycles. The Kier molecular flexibility index (Phi) is 4.43. The highest BCUT2D eigenvalue weighted by molar-refractivity contribution is 6.34. The molecule has 1 amide bonds. The molecule has 0 aromatic heterocycles. The van der Waals surface area contributed by atoms with Gasteiger partial charge in [0.1, 0.15) is 0 Å². The Balaban J connectivity index is 1.60. The number of piperidine rings is 1. The van der Waals surface area contributed by atoms with Crippen LogP contribution < -0.4 is 10.6 Å². The molecular formula is C16H20Cl2N2O. The summed E-state index contributed by atoms with van der Waals surface area (Å²) in [7, 11) is 0. The van der Waals surface area contributed by atoms with Crippen LogP contribution >= 0.6 is 23.2 Å². The molecule has 4 unspecified atom stereocenters. The van der Waals surface area contributed by atoms with E-state index in [4.69, 9.17) is 23.2 Å². The maximum absolute atomic E-state index is 12.4. The smallest absolute Gasteiger partial charge is 0.223 e. The minimum Gasteiger partial charge on any atom is -0.353 e. The van der Waals surface area contributed by atoms with E-state index < -0.39 is 0 Å². The van der Waals surface area contributed by atoms with Crippen LogP contribution in [0.15, 0.2) is 18.2 Å². The van der Waals surface area contributed by atoms with Gasteiger partial charge in [0, 0.05) is 22.0 Å². The van der Waals surface area contributed by atoms with Crippen molar-refractivity contribution in [3.8, 4) is 0 Å². The van der Waals surface area contributed by atoms with E-state index in [9.17, 15) is 4.79 Å². The molecule has 21 heavy (non-hydrogen) atoms. The fourth-order valence-electron chi connectivity index (χ4n) is 3.16. The number of hydrogen-bond acceptors (Lipinski definition) is 2. The van der Waals surface area contributed by atoms with E-state index in [1.807, 2.05) is 12.1 Å². The van der Waals surface area contributed by atoms with E-state index in [1.54, 1.807) is 6.07 Å². The zero-order valence-electron chi connectivity index (χ0n) is 12.0. The van der Waals surface area contributed by atoms with Gasteiger partial charge in [-0.05, 0) is 61.5 Å². The molecule has 4 atom stereocenters. The lowest BCUT2D eigenvalue weighted by Crippen LogP contribution is -2.48. The van der Waals surface area contributed by atoms with Gasteiger partial charge in [0.2, 0.25) is 5.91 Å².